The minimum absolute atomic E-state index is 0.125. The highest BCUT2D eigenvalue weighted by atomic mass is 16.3. The molecule has 1 unspecified atom stereocenters. The lowest BCUT2D eigenvalue weighted by Crippen LogP contribution is -2.25. The maximum atomic E-state index is 6.66. The van der Waals surface area contributed by atoms with Crippen LogP contribution in [0, 0.1) is 0 Å². The maximum Gasteiger partial charge on any atom is 0.135 e. The molecule has 224 valence electrons. The predicted octanol–water partition coefficient (Wildman–Crippen LogP) is 11.7. The molecular weight excluding hydrogens is 587 g/mol. The third-order valence-corrected chi connectivity index (χ3v) is 10.2. The molecular formula is C44H27N3O. The van der Waals surface area contributed by atoms with Crippen molar-refractivity contribution in [3.63, 3.8) is 0 Å². The molecule has 1 N–H and O–H groups in total. The van der Waals surface area contributed by atoms with Crippen molar-refractivity contribution in [1.29, 1.82) is 0 Å². The van der Waals surface area contributed by atoms with Crippen LogP contribution in [-0.2, 0) is 0 Å². The van der Waals surface area contributed by atoms with Crippen LogP contribution in [0.15, 0.2) is 161 Å². The Morgan fingerprint density at radius 3 is 1.90 bits per heavy atom. The van der Waals surface area contributed by atoms with Crippen LogP contribution in [0.4, 0.5) is 11.4 Å². The molecule has 0 fully saturated rings. The molecule has 4 heteroatoms. The summed E-state index contributed by atoms with van der Waals surface area (Å²) in [6.45, 7) is 0. The molecule has 0 saturated heterocycles. The number of aliphatic imine (C=N–C) groups is 1. The van der Waals surface area contributed by atoms with Gasteiger partial charge in [-0.05, 0) is 69.8 Å². The van der Waals surface area contributed by atoms with E-state index in [0.717, 1.165) is 50.3 Å². The standard InChI is InChI=1S/C44H27N3O/c1-2-10-28(11-3-1)43-44(46-33-17-7-6-16-32(33)45-43)31-22-25-34(30-15-5-4-14-29(30)31)47-35-23-20-26-12-8-18-37-39(26)41(35)42-36(47)24-21-27-13-9-19-38(48-37)40(27)42/h1-25,44,46H. The number of anilines is 1. The minimum Gasteiger partial charge on any atom is -0.456 e. The van der Waals surface area contributed by atoms with E-state index in [1.54, 1.807) is 0 Å². The first-order chi connectivity index (χ1) is 23.8. The van der Waals surface area contributed by atoms with E-state index in [2.05, 4.69) is 155 Å². The van der Waals surface area contributed by atoms with Gasteiger partial charge in [-0.15, -0.1) is 0 Å². The molecule has 1 aliphatic heterocycles. The van der Waals surface area contributed by atoms with Gasteiger partial charge in [0.1, 0.15) is 11.2 Å². The summed E-state index contributed by atoms with van der Waals surface area (Å²) in [7, 11) is 0. The van der Waals surface area contributed by atoms with E-state index in [1.165, 1.54) is 48.9 Å². The Morgan fingerprint density at radius 2 is 1.17 bits per heavy atom. The molecule has 4 nitrogen and oxygen atoms in total. The molecule has 3 heterocycles. The Labute approximate surface area is 275 Å². The van der Waals surface area contributed by atoms with Gasteiger partial charge < -0.3 is 14.3 Å². The summed E-state index contributed by atoms with van der Waals surface area (Å²) in [6, 6.07) is 53.9. The number of benzene rings is 8. The highest BCUT2D eigenvalue weighted by molar-refractivity contribution is 6.33. The van der Waals surface area contributed by atoms with Crippen molar-refractivity contribution in [3.05, 3.63) is 163 Å². The first kappa shape index (κ1) is 25.8. The van der Waals surface area contributed by atoms with Gasteiger partial charge in [-0.2, -0.15) is 0 Å². The van der Waals surface area contributed by atoms with E-state index in [1.807, 2.05) is 6.07 Å². The second-order valence-corrected chi connectivity index (χ2v) is 12.7. The molecule has 2 aromatic heterocycles. The third kappa shape index (κ3) is 3.46. The van der Waals surface area contributed by atoms with E-state index in [9.17, 15) is 0 Å². The summed E-state index contributed by atoms with van der Waals surface area (Å²) in [5.74, 6) is 0. The summed E-state index contributed by atoms with van der Waals surface area (Å²) in [6.07, 6.45) is 0. The summed E-state index contributed by atoms with van der Waals surface area (Å²) in [5.41, 5.74) is 10.6. The topological polar surface area (TPSA) is 42.5 Å². The van der Waals surface area contributed by atoms with E-state index < -0.39 is 0 Å². The average Bonchev–Trinajstić information content (AvgIpc) is 3.40. The van der Waals surface area contributed by atoms with Crippen molar-refractivity contribution >= 4 is 82.4 Å². The Kier molecular flexibility index (Phi) is 5.13. The van der Waals surface area contributed by atoms with Gasteiger partial charge in [0.05, 0.1) is 39.8 Å². The molecule has 11 rings (SSSR count). The minimum atomic E-state index is -0.125. The van der Waals surface area contributed by atoms with Crippen LogP contribution in [0.1, 0.15) is 17.2 Å². The molecule has 0 spiro atoms. The number of nitrogens with one attached hydrogen (secondary N) is 1. The van der Waals surface area contributed by atoms with Crippen LogP contribution < -0.4 is 5.32 Å². The van der Waals surface area contributed by atoms with Crippen molar-refractivity contribution in [3.8, 4) is 5.69 Å². The zero-order chi connectivity index (χ0) is 31.3. The lowest BCUT2D eigenvalue weighted by atomic mass is 9.90. The summed E-state index contributed by atoms with van der Waals surface area (Å²) in [5, 5.41) is 13.4. The largest absolute Gasteiger partial charge is 0.456 e. The van der Waals surface area contributed by atoms with Gasteiger partial charge in [0.15, 0.2) is 0 Å². The van der Waals surface area contributed by atoms with Gasteiger partial charge in [-0.1, -0.05) is 109 Å². The lowest BCUT2D eigenvalue weighted by Gasteiger charge is -2.29. The fraction of sp³-hybridized carbons (Fsp3) is 0.0227. The molecule has 0 radical (unpaired) electrons. The van der Waals surface area contributed by atoms with Crippen LogP contribution in [0.3, 0.4) is 0 Å². The molecule has 10 aromatic rings. The molecule has 48 heavy (non-hydrogen) atoms. The molecule has 1 atom stereocenters. The van der Waals surface area contributed by atoms with Crippen LogP contribution in [0.2, 0.25) is 0 Å². The number of nitrogens with zero attached hydrogens (tertiary/aromatic N) is 2. The SMILES string of the molecule is c1ccc(C2=Nc3ccccc3NC2c2ccc(-n3c4ccc5cccc6oc7cccc8ccc3c(c87)c4c56)c3ccccc23)cc1. The summed E-state index contributed by atoms with van der Waals surface area (Å²) >= 11 is 0. The number of aromatic nitrogens is 1. The van der Waals surface area contributed by atoms with Gasteiger partial charge in [0.2, 0.25) is 0 Å². The van der Waals surface area contributed by atoms with E-state index in [-0.39, 0.29) is 6.04 Å². The molecule has 8 aromatic carbocycles. The van der Waals surface area contributed by atoms with E-state index >= 15 is 0 Å². The first-order valence-corrected chi connectivity index (χ1v) is 16.4. The number of para-hydroxylation sites is 2. The third-order valence-electron chi connectivity index (χ3n) is 10.2. The van der Waals surface area contributed by atoms with Crippen LogP contribution in [-0.4, -0.2) is 10.3 Å². The number of hydrogen-bond acceptors (Lipinski definition) is 3. The van der Waals surface area contributed by atoms with E-state index in [0.29, 0.717) is 0 Å². The Balaban J connectivity index is 1.22. The molecule has 0 amide bonds. The lowest BCUT2D eigenvalue weighted by molar-refractivity contribution is 0.664. The summed E-state index contributed by atoms with van der Waals surface area (Å²) < 4.78 is 9.12. The van der Waals surface area contributed by atoms with Crippen molar-refractivity contribution < 1.29 is 4.42 Å². The van der Waals surface area contributed by atoms with Crippen molar-refractivity contribution in [1.82, 2.24) is 4.57 Å². The fourth-order valence-electron chi connectivity index (χ4n) is 8.16. The Morgan fingerprint density at radius 1 is 0.521 bits per heavy atom. The zero-order valence-corrected chi connectivity index (χ0v) is 25.8. The zero-order valence-electron chi connectivity index (χ0n) is 25.8. The van der Waals surface area contributed by atoms with Gasteiger partial charge in [0, 0.05) is 26.9 Å². The Hall–Kier alpha value is -6.39. The van der Waals surface area contributed by atoms with Gasteiger partial charge in [-0.3, -0.25) is 0 Å². The Bertz CT molecular complexity index is 2830. The van der Waals surface area contributed by atoms with Crippen molar-refractivity contribution in [2.24, 2.45) is 4.99 Å². The van der Waals surface area contributed by atoms with Gasteiger partial charge in [-0.25, -0.2) is 4.99 Å². The van der Waals surface area contributed by atoms with Crippen LogP contribution in [0.25, 0.3) is 71.0 Å². The highest BCUT2D eigenvalue weighted by Gasteiger charge is 2.28. The number of rotatable bonds is 3. The quantitative estimate of drug-likeness (QED) is 0.215. The second-order valence-electron chi connectivity index (χ2n) is 12.7. The monoisotopic (exact) mass is 613 g/mol. The highest BCUT2D eigenvalue weighted by Crippen LogP contribution is 2.46. The second kappa shape index (κ2) is 9.57. The number of hydrogen-bond donors (Lipinski definition) is 1. The van der Waals surface area contributed by atoms with Gasteiger partial charge in [0.25, 0.3) is 0 Å². The molecule has 0 bridgehead atoms. The van der Waals surface area contributed by atoms with Crippen molar-refractivity contribution in [2.45, 2.75) is 6.04 Å². The van der Waals surface area contributed by atoms with Crippen molar-refractivity contribution in [2.75, 3.05) is 5.32 Å². The molecule has 1 aliphatic rings. The fourth-order valence-corrected chi connectivity index (χ4v) is 8.16. The van der Waals surface area contributed by atoms with Crippen LogP contribution in [0.5, 0.6) is 0 Å². The predicted molar refractivity (Wildman–Crippen MR) is 200 cm³/mol. The molecule has 0 aliphatic carbocycles. The van der Waals surface area contributed by atoms with Crippen LogP contribution >= 0.6 is 0 Å². The average molecular weight is 614 g/mol. The maximum absolute atomic E-state index is 6.66. The smallest absolute Gasteiger partial charge is 0.135 e. The molecule has 0 saturated carbocycles. The normalized spacial score (nSPS) is 14.8. The number of fused-ring (bicyclic) bond motifs is 2. The summed E-state index contributed by atoms with van der Waals surface area (Å²) in [4.78, 5) is 5.24. The first-order valence-electron chi connectivity index (χ1n) is 16.4. The van der Waals surface area contributed by atoms with Gasteiger partial charge >= 0.3 is 0 Å². The van der Waals surface area contributed by atoms with E-state index in [4.69, 9.17) is 9.41 Å².